The molecule has 0 saturated carbocycles. The molecule has 0 aromatic heterocycles. The van der Waals surface area contributed by atoms with Gasteiger partial charge in [-0.25, -0.2) is 0 Å². The number of nitrogens with one attached hydrogen (secondary N) is 1. The van der Waals surface area contributed by atoms with Crippen LogP contribution in [0.5, 0.6) is 0 Å². The van der Waals surface area contributed by atoms with E-state index >= 15 is 0 Å². The van der Waals surface area contributed by atoms with Crippen LogP contribution in [-0.4, -0.2) is 17.6 Å². The second-order valence-electron chi connectivity index (χ2n) is 5.31. The van der Waals surface area contributed by atoms with Gasteiger partial charge in [0.1, 0.15) is 6.61 Å². The third kappa shape index (κ3) is 6.01. The molecule has 0 aliphatic heterocycles. The number of benzene rings is 1. The molecule has 114 valence electrons. The molecule has 0 bridgehead atoms. The molecule has 2 N–H and O–H groups in total. The summed E-state index contributed by atoms with van der Waals surface area (Å²) in [5.41, 5.74) is 2.62. The van der Waals surface area contributed by atoms with Crippen molar-refractivity contribution in [3.05, 3.63) is 29.3 Å². The lowest BCUT2D eigenvalue weighted by molar-refractivity contribution is -0.120. The molecule has 0 saturated heterocycles. The molecule has 0 spiro atoms. The molecule has 0 fully saturated rings. The fraction of sp³-hybridized carbons (Fsp3) is 0.500. The van der Waals surface area contributed by atoms with Crippen molar-refractivity contribution in [1.82, 2.24) is 0 Å². The SMILES string of the molecule is CCCC(CCC)C(=O)Nc1cc(C)cc(C#CCO)c1. The summed E-state index contributed by atoms with van der Waals surface area (Å²) in [5.74, 6) is 5.67. The van der Waals surface area contributed by atoms with Gasteiger partial charge in [-0.3, -0.25) is 4.79 Å². The molecule has 1 aromatic carbocycles. The first kappa shape index (κ1) is 17.3. The smallest absolute Gasteiger partial charge is 0.227 e. The van der Waals surface area contributed by atoms with Crippen molar-refractivity contribution in [1.29, 1.82) is 0 Å². The number of aryl methyl sites for hydroxylation is 1. The summed E-state index contributed by atoms with van der Waals surface area (Å²) in [6, 6.07) is 5.73. The Morgan fingerprint density at radius 3 is 2.48 bits per heavy atom. The number of hydrogen-bond donors (Lipinski definition) is 2. The molecular weight excluding hydrogens is 262 g/mol. The number of aliphatic hydroxyl groups excluding tert-OH is 1. The van der Waals surface area contributed by atoms with Crippen molar-refractivity contribution in [2.24, 2.45) is 5.92 Å². The van der Waals surface area contributed by atoms with Crippen molar-refractivity contribution in [3.63, 3.8) is 0 Å². The lowest BCUT2D eigenvalue weighted by atomic mass is 9.97. The Kier molecular flexibility index (Phi) is 7.56. The van der Waals surface area contributed by atoms with Gasteiger partial charge in [-0.05, 0) is 43.5 Å². The first-order chi connectivity index (χ1) is 10.1. The summed E-state index contributed by atoms with van der Waals surface area (Å²) in [4.78, 5) is 12.3. The van der Waals surface area contributed by atoms with Crippen molar-refractivity contribution in [3.8, 4) is 11.8 Å². The normalized spacial score (nSPS) is 10.1. The van der Waals surface area contributed by atoms with E-state index < -0.39 is 0 Å². The van der Waals surface area contributed by atoms with E-state index in [0.29, 0.717) is 0 Å². The highest BCUT2D eigenvalue weighted by Crippen LogP contribution is 2.19. The van der Waals surface area contributed by atoms with Gasteiger partial charge in [0.25, 0.3) is 0 Å². The van der Waals surface area contributed by atoms with E-state index in [-0.39, 0.29) is 18.4 Å². The maximum absolute atomic E-state index is 12.3. The van der Waals surface area contributed by atoms with Crippen LogP contribution in [0.1, 0.15) is 50.7 Å². The molecule has 0 aliphatic carbocycles. The molecule has 1 aromatic rings. The van der Waals surface area contributed by atoms with Gasteiger partial charge in [0.2, 0.25) is 5.91 Å². The van der Waals surface area contributed by atoms with Gasteiger partial charge in [0.15, 0.2) is 0 Å². The molecule has 0 radical (unpaired) electrons. The predicted molar refractivity (Wildman–Crippen MR) is 87.1 cm³/mol. The van der Waals surface area contributed by atoms with Crippen LogP contribution in [0.3, 0.4) is 0 Å². The highest BCUT2D eigenvalue weighted by molar-refractivity contribution is 5.92. The van der Waals surface area contributed by atoms with Crippen LogP contribution >= 0.6 is 0 Å². The summed E-state index contributed by atoms with van der Waals surface area (Å²) < 4.78 is 0. The van der Waals surface area contributed by atoms with Gasteiger partial charge in [0, 0.05) is 17.2 Å². The lowest BCUT2D eigenvalue weighted by Crippen LogP contribution is -2.22. The van der Waals surface area contributed by atoms with Crippen LogP contribution in [0.25, 0.3) is 0 Å². The average Bonchev–Trinajstić information content (AvgIpc) is 2.44. The Labute approximate surface area is 127 Å². The van der Waals surface area contributed by atoms with Gasteiger partial charge < -0.3 is 10.4 Å². The zero-order chi connectivity index (χ0) is 15.7. The fourth-order valence-electron chi connectivity index (χ4n) is 2.42. The summed E-state index contributed by atoms with van der Waals surface area (Å²) >= 11 is 0. The molecule has 0 unspecified atom stereocenters. The number of amides is 1. The number of hydrogen-bond acceptors (Lipinski definition) is 2. The van der Waals surface area contributed by atoms with Crippen molar-refractivity contribution in [2.75, 3.05) is 11.9 Å². The van der Waals surface area contributed by atoms with E-state index in [4.69, 9.17) is 5.11 Å². The van der Waals surface area contributed by atoms with Crippen LogP contribution in [0.15, 0.2) is 18.2 Å². The largest absolute Gasteiger partial charge is 0.384 e. The number of aliphatic hydroxyl groups is 1. The Balaban J connectivity index is 2.85. The minimum atomic E-state index is -0.162. The minimum Gasteiger partial charge on any atom is -0.384 e. The molecule has 0 heterocycles. The Hall–Kier alpha value is -1.79. The summed E-state index contributed by atoms with van der Waals surface area (Å²) in [6.07, 6.45) is 3.86. The van der Waals surface area contributed by atoms with Crippen LogP contribution < -0.4 is 5.32 Å². The van der Waals surface area contributed by atoms with Crippen LogP contribution in [0.2, 0.25) is 0 Å². The Morgan fingerprint density at radius 1 is 1.24 bits per heavy atom. The summed E-state index contributed by atoms with van der Waals surface area (Å²) in [7, 11) is 0. The van der Waals surface area contributed by atoms with Gasteiger partial charge in [-0.15, -0.1) is 0 Å². The summed E-state index contributed by atoms with van der Waals surface area (Å²) in [6.45, 7) is 6.01. The standard InChI is InChI=1S/C18H25NO2/c1-4-7-16(8-5-2)18(21)19-17-12-14(3)11-15(13-17)9-6-10-20/h11-13,16,20H,4-5,7-8,10H2,1-3H3,(H,19,21). The molecule has 1 amide bonds. The number of rotatable bonds is 6. The zero-order valence-electron chi connectivity index (χ0n) is 13.2. The van der Waals surface area contributed by atoms with Gasteiger partial charge in [-0.1, -0.05) is 38.5 Å². The number of carbonyl (C=O) groups is 1. The predicted octanol–water partition coefficient (Wildman–Crippen LogP) is 3.49. The van der Waals surface area contributed by atoms with Crippen LogP contribution in [-0.2, 0) is 4.79 Å². The van der Waals surface area contributed by atoms with E-state index in [2.05, 4.69) is 31.0 Å². The van der Waals surface area contributed by atoms with Gasteiger partial charge >= 0.3 is 0 Å². The molecule has 0 atom stereocenters. The molecule has 21 heavy (non-hydrogen) atoms. The van der Waals surface area contributed by atoms with E-state index in [9.17, 15) is 4.79 Å². The highest BCUT2D eigenvalue weighted by Gasteiger charge is 2.16. The summed E-state index contributed by atoms with van der Waals surface area (Å²) in [5, 5.41) is 11.8. The van der Waals surface area contributed by atoms with Crippen molar-refractivity contribution < 1.29 is 9.90 Å². The maximum Gasteiger partial charge on any atom is 0.227 e. The maximum atomic E-state index is 12.3. The van der Waals surface area contributed by atoms with E-state index in [1.807, 2.05) is 25.1 Å². The van der Waals surface area contributed by atoms with Crippen LogP contribution in [0, 0.1) is 24.7 Å². The second kappa shape index (κ2) is 9.20. The Bertz CT molecular complexity index is 520. The second-order valence-corrected chi connectivity index (χ2v) is 5.31. The molecular formula is C18H25NO2. The van der Waals surface area contributed by atoms with Crippen molar-refractivity contribution in [2.45, 2.75) is 46.5 Å². The molecule has 3 heteroatoms. The average molecular weight is 287 g/mol. The van der Waals surface area contributed by atoms with Crippen molar-refractivity contribution >= 4 is 11.6 Å². The first-order valence-corrected chi connectivity index (χ1v) is 7.63. The molecule has 3 nitrogen and oxygen atoms in total. The third-order valence-corrected chi connectivity index (χ3v) is 3.30. The topological polar surface area (TPSA) is 49.3 Å². The van der Waals surface area contributed by atoms with E-state index in [1.165, 1.54) is 0 Å². The quantitative estimate of drug-likeness (QED) is 0.787. The Morgan fingerprint density at radius 2 is 1.90 bits per heavy atom. The molecule has 0 aliphatic rings. The number of anilines is 1. The van der Waals surface area contributed by atoms with Gasteiger partial charge in [-0.2, -0.15) is 0 Å². The van der Waals surface area contributed by atoms with Crippen LogP contribution in [0.4, 0.5) is 5.69 Å². The van der Waals surface area contributed by atoms with E-state index in [0.717, 1.165) is 42.5 Å². The third-order valence-electron chi connectivity index (χ3n) is 3.30. The zero-order valence-corrected chi connectivity index (χ0v) is 13.2. The van der Waals surface area contributed by atoms with Gasteiger partial charge in [0.05, 0.1) is 0 Å². The highest BCUT2D eigenvalue weighted by atomic mass is 16.2. The molecule has 1 rings (SSSR count). The number of carbonyl (C=O) groups excluding carboxylic acids is 1. The van der Waals surface area contributed by atoms with E-state index in [1.54, 1.807) is 0 Å². The monoisotopic (exact) mass is 287 g/mol. The lowest BCUT2D eigenvalue weighted by Gasteiger charge is -2.15. The first-order valence-electron chi connectivity index (χ1n) is 7.63. The minimum absolute atomic E-state index is 0.0764. The fourth-order valence-corrected chi connectivity index (χ4v) is 2.42.